The van der Waals surface area contributed by atoms with Crippen LogP contribution in [0.4, 0.5) is 11.4 Å². The summed E-state index contributed by atoms with van der Waals surface area (Å²) in [5.74, 6) is -1.28. The maximum absolute atomic E-state index is 12.4. The van der Waals surface area contributed by atoms with E-state index in [1.165, 1.54) is 13.8 Å². The number of hydrogen-bond donors (Lipinski definition) is 3. The van der Waals surface area contributed by atoms with E-state index in [1.54, 1.807) is 48.5 Å². The van der Waals surface area contributed by atoms with Gasteiger partial charge in [-0.1, -0.05) is 24.3 Å². The number of carbonyl (C=O) groups is 3. The number of esters is 1. The Hall–Kier alpha value is -3.19. The number of para-hydroxylation sites is 1. The molecule has 0 radical (unpaired) electrons. The van der Waals surface area contributed by atoms with Gasteiger partial charge in [-0.05, 0) is 38.1 Å². The highest BCUT2D eigenvalue weighted by molar-refractivity contribution is 6.00. The summed E-state index contributed by atoms with van der Waals surface area (Å²) in [4.78, 5) is 36.1. The topological polar surface area (TPSA) is 105 Å². The largest absolute Gasteiger partial charge is 0.449 e. The maximum atomic E-state index is 12.4. The molecule has 2 rings (SSSR count). The number of benzene rings is 2. The third-order valence-corrected chi connectivity index (χ3v) is 3.76. The predicted molar refractivity (Wildman–Crippen MR) is 102 cm³/mol. The Labute approximate surface area is 157 Å². The van der Waals surface area contributed by atoms with Crippen molar-refractivity contribution in [3.63, 3.8) is 0 Å². The molecule has 0 bridgehead atoms. The Kier molecular flexibility index (Phi) is 7.08. The predicted octanol–water partition coefficient (Wildman–Crippen LogP) is 2.48. The highest BCUT2D eigenvalue weighted by atomic mass is 16.5. The SMILES string of the molecule is CC(=O)c1cccc(NC(=O)[C@H](C)OC(=O)c2ccccc2NCCO)c1. The minimum Gasteiger partial charge on any atom is -0.449 e. The number of ether oxygens (including phenoxy) is 1. The van der Waals surface area contributed by atoms with Gasteiger partial charge in [-0.15, -0.1) is 0 Å². The first-order valence-corrected chi connectivity index (χ1v) is 8.49. The van der Waals surface area contributed by atoms with Crippen molar-refractivity contribution in [1.82, 2.24) is 0 Å². The third-order valence-electron chi connectivity index (χ3n) is 3.76. The van der Waals surface area contributed by atoms with Gasteiger partial charge in [0.25, 0.3) is 5.91 Å². The average molecular weight is 370 g/mol. The van der Waals surface area contributed by atoms with Crippen molar-refractivity contribution in [2.75, 3.05) is 23.8 Å². The fourth-order valence-electron chi connectivity index (χ4n) is 2.34. The Morgan fingerprint density at radius 2 is 1.85 bits per heavy atom. The number of hydrogen-bond acceptors (Lipinski definition) is 6. The lowest BCUT2D eigenvalue weighted by Crippen LogP contribution is -2.30. The smallest absolute Gasteiger partial charge is 0.341 e. The van der Waals surface area contributed by atoms with Crippen molar-refractivity contribution in [2.24, 2.45) is 0 Å². The van der Waals surface area contributed by atoms with Gasteiger partial charge in [0.05, 0.1) is 12.2 Å². The van der Waals surface area contributed by atoms with Crippen LogP contribution in [0.3, 0.4) is 0 Å². The molecule has 0 heterocycles. The molecule has 0 aliphatic heterocycles. The first-order chi connectivity index (χ1) is 12.9. The molecule has 27 heavy (non-hydrogen) atoms. The van der Waals surface area contributed by atoms with Crippen LogP contribution in [-0.2, 0) is 9.53 Å². The van der Waals surface area contributed by atoms with Gasteiger partial charge >= 0.3 is 5.97 Å². The molecule has 1 atom stereocenters. The van der Waals surface area contributed by atoms with Crippen LogP contribution in [0.15, 0.2) is 48.5 Å². The summed E-state index contributed by atoms with van der Waals surface area (Å²) < 4.78 is 5.25. The maximum Gasteiger partial charge on any atom is 0.341 e. The summed E-state index contributed by atoms with van der Waals surface area (Å²) >= 11 is 0. The second-order valence-electron chi connectivity index (χ2n) is 5.87. The normalized spacial score (nSPS) is 11.4. The molecule has 0 saturated carbocycles. The van der Waals surface area contributed by atoms with E-state index in [0.29, 0.717) is 16.9 Å². The van der Waals surface area contributed by atoms with E-state index in [2.05, 4.69) is 10.6 Å². The van der Waals surface area contributed by atoms with Gasteiger partial charge in [-0.2, -0.15) is 0 Å². The number of aliphatic hydroxyl groups excluding tert-OH is 1. The van der Waals surface area contributed by atoms with Gasteiger partial charge < -0.3 is 20.5 Å². The van der Waals surface area contributed by atoms with E-state index >= 15 is 0 Å². The van der Waals surface area contributed by atoms with E-state index in [-0.39, 0.29) is 24.5 Å². The zero-order valence-electron chi connectivity index (χ0n) is 15.2. The molecular formula is C20H22N2O5. The molecule has 0 aliphatic rings. The molecule has 0 spiro atoms. The van der Waals surface area contributed by atoms with Gasteiger partial charge in [0.15, 0.2) is 11.9 Å². The number of anilines is 2. The van der Waals surface area contributed by atoms with Crippen LogP contribution in [0.1, 0.15) is 34.6 Å². The van der Waals surface area contributed by atoms with Crippen molar-refractivity contribution < 1.29 is 24.2 Å². The van der Waals surface area contributed by atoms with Crippen LogP contribution in [0.25, 0.3) is 0 Å². The summed E-state index contributed by atoms with van der Waals surface area (Å²) in [6, 6.07) is 13.2. The fraction of sp³-hybridized carbons (Fsp3) is 0.250. The summed E-state index contributed by atoms with van der Waals surface area (Å²) in [6.45, 7) is 3.10. The van der Waals surface area contributed by atoms with Gasteiger partial charge in [-0.3, -0.25) is 9.59 Å². The number of Topliss-reactive ketones (excluding diaryl/α,β-unsaturated/α-hetero) is 1. The van der Waals surface area contributed by atoms with Crippen molar-refractivity contribution in [2.45, 2.75) is 20.0 Å². The summed E-state index contributed by atoms with van der Waals surface area (Å²) in [6.07, 6.45) is -1.04. The van der Waals surface area contributed by atoms with E-state index < -0.39 is 18.0 Å². The molecule has 0 unspecified atom stereocenters. The number of aliphatic hydroxyl groups is 1. The van der Waals surface area contributed by atoms with E-state index in [1.807, 2.05) is 0 Å². The van der Waals surface area contributed by atoms with Gasteiger partial charge in [0.1, 0.15) is 0 Å². The number of ketones is 1. The molecule has 3 N–H and O–H groups in total. The van der Waals surface area contributed by atoms with Crippen LogP contribution in [0.2, 0.25) is 0 Å². The molecule has 0 aromatic heterocycles. The number of carbonyl (C=O) groups excluding carboxylic acids is 3. The standard InChI is InChI=1S/C20H22N2O5/c1-13(24)15-6-5-7-16(12-15)22-19(25)14(2)27-20(26)17-8-3-4-9-18(17)21-10-11-23/h3-9,12,14,21,23H,10-11H2,1-2H3,(H,22,25)/t14-/m0/s1. The highest BCUT2D eigenvalue weighted by Crippen LogP contribution is 2.17. The lowest BCUT2D eigenvalue weighted by atomic mass is 10.1. The molecule has 1 amide bonds. The Morgan fingerprint density at radius 1 is 1.11 bits per heavy atom. The van der Waals surface area contributed by atoms with E-state index in [4.69, 9.17) is 9.84 Å². The zero-order chi connectivity index (χ0) is 19.8. The van der Waals surface area contributed by atoms with Crippen LogP contribution in [0, 0.1) is 0 Å². The van der Waals surface area contributed by atoms with Crippen molar-refractivity contribution >= 4 is 29.0 Å². The molecule has 7 nitrogen and oxygen atoms in total. The Balaban J connectivity index is 2.03. The van der Waals surface area contributed by atoms with Crippen LogP contribution < -0.4 is 10.6 Å². The zero-order valence-corrected chi connectivity index (χ0v) is 15.2. The summed E-state index contributed by atoms with van der Waals surface area (Å²) in [5.41, 5.74) is 1.70. The number of amides is 1. The molecule has 7 heteroatoms. The lowest BCUT2D eigenvalue weighted by molar-refractivity contribution is -0.123. The van der Waals surface area contributed by atoms with Crippen LogP contribution in [0.5, 0.6) is 0 Å². The fourth-order valence-corrected chi connectivity index (χ4v) is 2.34. The molecule has 0 aliphatic carbocycles. The Bertz CT molecular complexity index is 835. The number of rotatable bonds is 8. The minimum atomic E-state index is -1.04. The molecule has 0 saturated heterocycles. The molecule has 142 valence electrons. The van der Waals surface area contributed by atoms with E-state index in [9.17, 15) is 14.4 Å². The van der Waals surface area contributed by atoms with Gasteiger partial charge in [-0.25, -0.2) is 4.79 Å². The molecule has 2 aromatic carbocycles. The lowest BCUT2D eigenvalue weighted by Gasteiger charge is -2.16. The van der Waals surface area contributed by atoms with Gasteiger partial charge in [0, 0.05) is 23.5 Å². The molecule has 2 aromatic rings. The first-order valence-electron chi connectivity index (χ1n) is 8.49. The summed E-state index contributed by atoms with van der Waals surface area (Å²) in [5, 5.41) is 14.5. The Morgan fingerprint density at radius 3 is 2.56 bits per heavy atom. The van der Waals surface area contributed by atoms with Crippen molar-refractivity contribution in [3.05, 3.63) is 59.7 Å². The quantitative estimate of drug-likeness (QED) is 0.487. The van der Waals surface area contributed by atoms with E-state index in [0.717, 1.165) is 0 Å². The average Bonchev–Trinajstić information content (AvgIpc) is 2.66. The van der Waals surface area contributed by atoms with Crippen LogP contribution in [-0.4, -0.2) is 42.0 Å². The second-order valence-corrected chi connectivity index (χ2v) is 5.87. The van der Waals surface area contributed by atoms with Crippen LogP contribution >= 0.6 is 0 Å². The minimum absolute atomic E-state index is 0.0818. The van der Waals surface area contributed by atoms with Gasteiger partial charge in [0.2, 0.25) is 0 Å². The summed E-state index contributed by atoms with van der Waals surface area (Å²) in [7, 11) is 0. The van der Waals surface area contributed by atoms with Crippen molar-refractivity contribution in [3.8, 4) is 0 Å². The molecule has 0 fully saturated rings. The first kappa shape index (κ1) is 20.1. The third kappa shape index (κ3) is 5.65. The highest BCUT2D eigenvalue weighted by Gasteiger charge is 2.21. The second kappa shape index (κ2) is 9.49. The molecular weight excluding hydrogens is 348 g/mol. The monoisotopic (exact) mass is 370 g/mol. The van der Waals surface area contributed by atoms with Crippen molar-refractivity contribution in [1.29, 1.82) is 0 Å². The number of nitrogens with one attached hydrogen (secondary N) is 2.